The third-order valence-electron chi connectivity index (χ3n) is 5.53. The lowest BCUT2D eigenvalue weighted by atomic mass is 10.1. The number of aryl methyl sites for hydroxylation is 1. The normalized spacial score (nSPS) is 11.9. The van der Waals surface area contributed by atoms with Gasteiger partial charge in [-0.3, -0.25) is 9.59 Å². The van der Waals surface area contributed by atoms with Gasteiger partial charge in [-0.25, -0.2) is 0 Å². The summed E-state index contributed by atoms with van der Waals surface area (Å²) in [5.74, 6) is -0.0978. The number of carbonyl (C=O) groups excluding carboxylic acids is 2. The second-order valence-electron chi connectivity index (χ2n) is 7.57. The molecule has 0 spiro atoms. The zero-order valence-electron chi connectivity index (χ0n) is 18.3. The fourth-order valence-electron chi connectivity index (χ4n) is 3.73. The minimum absolute atomic E-state index is 0.0479. The van der Waals surface area contributed by atoms with Crippen LogP contribution in [0.4, 0.5) is 5.69 Å². The number of likely N-dealkylation sites (N-methyl/N-ethyl adjacent to an activating group) is 1. The van der Waals surface area contributed by atoms with E-state index in [1.54, 1.807) is 7.05 Å². The molecule has 0 saturated carbocycles. The largest absolute Gasteiger partial charge is 0.374 e. The Kier molecular flexibility index (Phi) is 6.45. The molecule has 158 valence electrons. The van der Waals surface area contributed by atoms with Crippen molar-refractivity contribution in [3.05, 3.63) is 64.8 Å². The minimum Gasteiger partial charge on any atom is -0.374 e. The molecular formula is C24H30N4O2. The van der Waals surface area contributed by atoms with Crippen LogP contribution in [-0.2, 0) is 11.3 Å². The van der Waals surface area contributed by atoms with Gasteiger partial charge in [-0.2, -0.15) is 0 Å². The quantitative estimate of drug-likeness (QED) is 0.561. The highest BCUT2D eigenvalue weighted by Crippen LogP contribution is 2.27. The van der Waals surface area contributed by atoms with Crippen LogP contribution >= 0.6 is 0 Å². The molecule has 30 heavy (non-hydrogen) atoms. The van der Waals surface area contributed by atoms with E-state index >= 15 is 0 Å². The third-order valence-corrected chi connectivity index (χ3v) is 5.53. The van der Waals surface area contributed by atoms with Crippen LogP contribution in [0.2, 0.25) is 0 Å². The molecule has 0 bridgehead atoms. The van der Waals surface area contributed by atoms with Crippen LogP contribution in [0.1, 0.15) is 41.0 Å². The average molecular weight is 407 g/mol. The van der Waals surface area contributed by atoms with Gasteiger partial charge in [0.25, 0.3) is 5.91 Å². The van der Waals surface area contributed by atoms with E-state index in [0.29, 0.717) is 18.7 Å². The predicted molar refractivity (Wildman–Crippen MR) is 122 cm³/mol. The Hall–Kier alpha value is -3.28. The molecule has 1 atom stereocenters. The van der Waals surface area contributed by atoms with Gasteiger partial charge < -0.3 is 20.5 Å². The van der Waals surface area contributed by atoms with E-state index in [-0.39, 0.29) is 17.9 Å². The second kappa shape index (κ2) is 9.03. The first-order chi connectivity index (χ1) is 14.3. The lowest BCUT2D eigenvalue weighted by molar-refractivity contribution is -0.121. The summed E-state index contributed by atoms with van der Waals surface area (Å²) in [6, 6.07) is 13.7. The number of nitrogens with one attached hydrogen (secondary N) is 3. The van der Waals surface area contributed by atoms with Gasteiger partial charge in [-0.05, 0) is 69.2 Å². The smallest absolute Gasteiger partial charge is 0.251 e. The van der Waals surface area contributed by atoms with Crippen molar-refractivity contribution in [2.75, 3.05) is 18.9 Å². The Morgan fingerprint density at radius 2 is 1.87 bits per heavy atom. The molecule has 0 aliphatic rings. The van der Waals surface area contributed by atoms with E-state index in [4.69, 9.17) is 0 Å². The number of amides is 2. The van der Waals surface area contributed by atoms with Crippen molar-refractivity contribution >= 4 is 28.4 Å². The summed E-state index contributed by atoms with van der Waals surface area (Å²) in [5.41, 5.74) is 6.19. The van der Waals surface area contributed by atoms with Crippen molar-refractivity contribution in [1.29, 1.82) is 0 Å². The molecule has 1 unspecified atom stereocenters. The summed E-state index contributed by atoms with van der Waals surface area (Å²) >= 11 is 0. The molecule has 2 amide bonds. The monoisotopic (exact) mass is 406 g/mol. The van der Waals surface area contributed by atoms with Gasteiger partial charge in [0.1, 0.15) is 6.04 Å². The van der Waals surface area contributed by atoms with E-state index in [1.807, 2.05) is 44.2 Å². The van der Waals surface area contributed by atoms with E-state index in [2.05, 4.69) is 46.5 Å². The molecule has 0 aliphatic carbocycles. The first kappa shape index (κ1) is 21.4. The van der Waals surface area contributed by atoms with Crippen molar-refractivity contribution in [2.45, 2.75) is 40.3 Å². The summed E-state index contributed by atoms with van der Waals surface area (Å²) in [5, 5.41) is 9.85. The number of carbonyl (C=O) groups is 2. The second-order valence-corrected chi connectivity index (χ2v) is 7.57. The van der Waals surface area contributed by atoms with Crippen molar-refractivity contribution in [1.82, 2.24) is 15.2 Å². The molecule has 3 aromatic rings. The Bertz CT molecular complexity index is 1080. The maximum atomic E-state index is 12.2. The molecule has 0 radical (unpaired) electrons. The molecule has 1 heterocycles. The molecule has 3 rings (SSSR count). The lowest BCUT2D eigenvalue weighted by Gasteiger charge is -2.15. The van der Waals surface area contributed by atoms with Gasteiger partial charge in [0, 0.05) is 48.0 Å². The number of hydrogen-bond acceptors (Lipinski definition) is 3. The highest BCUT2D eigenvalue weighted by Gasteiger charge is 2.15. The van der Waals surface area contributed by atoms with E-state index < -0.39 is 0 Å². The molecule has 0 fully saturated rings. The van der Waals surface area contributed by atoms with Gasteiger partial charge in [0.05, 0.1) is 0 Å². The van der Waals surface area contributed by atoms with Gasteiger partial charge >= 0.3 is 0 Å². The molecule has 6 nitrogen and oxygen atoms in total. The van der Waals surface area contributed by atoms with E-state index in [1.165, 1.54) is 11.3 Å². The summed E-state index contributed by atoms with van der Waals surface area (Å²) in [6.45, 7) is 9.28. The van der Waals surface area contributed by atoms with Crippen LogP contribution in [-0.4, -0.2) is 36.0 Å². The first-order valence-electron chi connectivity index (χ1n) is 10.3. The van der Waals surface area contributed by atoms with Crippen molar-refractivity contribution < 1.29 is 9.59 Å². The number of benzene rings is 2. The molecule has 0 aliphatic heterocycles. The van der Waals surface area contributed by atoms with E-state index in [9.17, 15) is 9.59 Å². The van der Waals surface area contributed by atoms with Crippen molar-refractivity contribution in [2.24, 2.45) is 0 Å². The predicted octanol–water partition coefficient (Wildman–Crippen LogP) is 3.60. The minimum atomic E-state index is -0.311. The van der Waals surface area contributed by atoms with Gasteiger partial charge in [-0.15, -0.1) is 0 Å². The van der Waals surface area contributed by atoms with Gasteiger partial charge in [0.15, 0.2) is 0 Å². The van der Waals surface area contributed by atoms with Gasteiger partial charge in [-0.1, -0.05) is 12.1 Å². The van der Waals surface area contributed by atoms with Crippen molar-refractivity contribution in [3.63, 3.8) is 0 Å². The number of aromatic nitrogens is 1. The Balaban J connectivity index is 1.91. The van der Waals surface area contributed by atoms with E-state index in [0.717, 1.165) is 22.2 Å². The third kappa shape index (κ3) is 4.32. The molecular weight excluding hydrogens is 376 g/mol. The SMILES string of the molecule is CCNC(=O)c1ccc2c(c1)c(C)c(C)n2Cc1cccc(NC(C)C(=O)NC)c1. The maximum Gasteiger partial charge on any atom is 0.251 e. The summed E-state index contributed by atoms with van der Waals surface area (Å²) < 4.78 is 2.27. The molecule has 3 N–H and O–H groups in total. The maximum absolute atomic E-state index is 12.2. The van der Waals surface area contributed by atoms with Crippen LogP contribution in [0.5, 0.6) is 0 Å². The Morgan fingerprint density at radius 3 is 2.57 bits per heavy atom. The number of hydrogen-bond donors (Lipinski definition) is 3. The van der Waals surface area contributed by atoms with Crippen LogP contribution < -0.4 is 16.0 Å². The number of fused-ring (bicyclic) bond motifs is 1. The fraction of sp³-hybridized carbons (Fsp3) is 0.333. The highest BCUT2D eigenvalue weighted by molar-refractivity contribution is 5.99. The van der Waals surface area contributed by atoms with Crippen LogP contribution in [0, 0.1) is 13.8 Å². The zero-order chi connectivity index (χ0) is 21.8. The Labute approximate surface area is 177 Å². The topological polar surface area (TPSA) is 75.2 Å². The number of nitrogens with zero attached hydrogens (tertiary/aromatic N) is 1. The van der Waals surface area contributed by atoms with Crippen LogP contribution in [0.3, 0.4) is 0 Å². The molecule has 6 heteroatoms. The molecule has 0 saturated heterocycles. The molecule has 1 aromatic heterocycles. The standard InChI is InChI=1S/C24H30N4O2/c1-6-26-24(30)19-10-11-22-21(13-19)15(2)17(4)28(22)14-18-8-7-9-20(12-18)27-16(3)23(29)25-5/h7-13,16,27H,6,14H2,1-5H3,(H,25,29)(H,26,30). The van der Waals surface area contributed by atoms with Crippen molar-refractivity contribution in [3.8, 4) is 0 Å². The summed E-state index contributed by atoms with van der Waals surface area (Å²) in [6.07, 6.45) is 0. The molecule has 2 aromatic carbocycles. The lowest BCUT2D eigenvalue weighted by Crippen LogP contribution is -2.35. The highest BCUT2D eigenvalue weighted by atomic mass is 16.2. The average Bonchev–Trinajstić information content (AvgIpc) is 2.98. The zero-order valence-corrected chi connectivity index (χ0v) is 18.3. The van der Waals surface area contributed by atoms with Crippen LogP contribution in [0.25, 0.3) is 10.9 Å². The van der Waals surface area contributed by atoms with Gasteiger partial charge in [0.2, 0.25) is 5.91 Å². The number of rotatable bonds is 7. The first-order valence-corrected chi connectivity index (χ1v) is 10.3. The van der Waals surface area contributed by atoms with Crippen LogP contribution in [0.15, 0.2) is 42.5 Å². The summed E-state index contributed by atoms with van der Waals surface area (Å²) in [4.78, 5) is 24.0. The number of anilines is 1. The Morgan fingerprint density at radius 1 is 1.10 bits per heavy atom. The fourth-order valence-corrected chi connectivity index (χ4v) is 3.73. The summed E-state index contributed by atoms with van der Waals surface area (Å²) in [7, 11) is 1.64.